The van der Waals surface area contributed by atoms with Crippen molar-refractivity contribution in [1.82, 2.24) is 79.7 Å². The van der Waals surface area contributed by atoms with E-state index in [0.717, 1.165) is 56.7 Å². The summed E-state index contributed by atoms with van der Waals surface area (Å²) in [5.74, 6) is 3.34. The fourth-order valence-electron chi connectivity index (χ4n) is 8.12. The molecule has 0 bridgehead atoms. The molecule has 0 saturated heterocycles. The molecule has 636 valence electrons. The number of nitrogens with zero attached hydrogens (tertiary/aromatic N) is 18. The Morgan fingerprint density at radius 2 is 0.317 bits per heavy atom. The van der Waals surface area contributed by atoms with E-state index in [0.29, 0.717) is 57.7 Å². The number of pyridine rings is 10. The summed E-state index contributed by atoms with van der Waals surface area (Å²) in [4.78, 5) is 71.2. The topological polar surface area (TPSA) is 254 Å². The molecule has 48 heteroatoms. The Labute approximate surface area is 690 Å². The van der Waals surface area contributed by atoms with Crippen LogP contribution in [0.25, 0.3) is 114 Å². The fraction of sp³-hybridized carbons (Fsp3) is 0.0278. The molecule has 0 fully saturated rings. The molecule has 14 rings (SSSR count). The van der Waals surface area contributed by atoms with Crippen molar-refractivity contribution >= 4 is 31.2 Å². The SMILES string of the molecule is CC#N.CC#N.F[P-](F)(F)(F)(F)F.F[P-](F)(F)(F)(F)F.F[P-](F)(F)(F)(F)F.F[P-](F)(F)(F)(F)F.[Ru+2].[Ru+2].c1ccc(-c2cccc(-c3ccccn3)n2)nc1.c1ccc(-c2cccc(-c3ccccn3)n2)nc1.c1ccc(-c2nc(-c3ccccn3)nc(-c3ccccn3)n2)cc1.c1ccc(-c2nc(-c3ccccn3)nc(-c3ccccn3)n2)cc1. The van der Waals surface area contributed by atoms with Crippen molar-refractivity contribution < 1.29 is 140 Å². The van der Waals surface area contributed by atoms with Gasteiger partial charge in [0, 0.05) is 74.5 Å². The van der Waals surface area contributed by atoms with E-state index in [4.69, 9.17) is 10.5 Å². The molecule has 0 aliphatic rings. The minimum Gasteiger partial charge on any atom is -0.255 e. The zero-order valence-corrected chi connectivity index (χ0v) is 67.4. The van der Waals surface area contributed by atoms with Crippen molar-refractivity contribution in [1.29, 1.82) is 10.5 Å². The summed E-state index contributed by atoms with van der Waals surface area (Å²) in [6.45, 7) is 2.86. The summed E-state index contributed by atoms with van der Waals surface area (Å²) in [6.07, 6.45) is 14.0. The van der Waals surface area contributed by atoms with Crippen LogP contribution in [0.3, 0.4) is 0 Å². The van der Waals surface area contributed by atoms with Gasteiger partial charge in [0.2, 0.25) is 0 Å². The smallest absolute Gasteiger partial charge is 0.255 e. The van der Waals surface area contributed by atoms with Gasteiger partial charge >= 0.3 is 171 Å². The van der Waals surface area contributed by atoms with Gasteiger partial charge in [0.25, 0.3) is 0 Å². The Kier molecular flexibility index (Phi) is 34.0. The molecule has 0 aliphatic heterocycles. The average Bonchev–Trinajstić information content (AvgIpc) is 0.795. The number of rotatable bonds is 10. The van der Waals surface area contributed by atoms with E-state index in [1.165, 1.54) is 13.8 Å². The summed E-state index contributed by atoms with van der Waals surface area (Å²) in [5.41, 5.74) is 11.6. The van der Waals surface area contributed by atoms with Gasteiger partial charge < -0.3 is 0 Å². The van der Waals surface area contributed by atoms with E-state index in [1.54, 1.807) is 61.7 Å². The second kappa shape index (κ2) is 39.9. The maximum absolute atomic E-state index is 10.7. The van der Waals surface area contributed by atoms with E-state index in [1.807, 2.05) is 243 Å². The van der Waals surface area contributed by atoms with Crippen LogP contribution < -0.4 is 0 Å². The zero-order chi connectivity index (χ0) is 87.8. The summed E-state index contributed by atoms with van der Waals surface area (Å²) in [6, 6.07) is 80.7. The second-order valence-corrected chi connectivity index (χ2v) is 29.8. The standard InChI is InChI=1S/2C19H13N5.2C15H11N3.2C2H3N.4F6P.2Ru/c2*1-2-8-14(9-3-1)17-22-18(15-10-4-6-12-20-15)24-19(23-17)16-11-5-7-13-21-16;2*1-3-10-16-12(6-1)14-8-5-9-15(18-14)13-7-2-4-11-17-13;2*1-2-3;4*1-7(2,3,4,5)6;;/h2*1-13H;2*1-11H;2*1H3;;;;;;/q;;;;;;4*-1;2*+2. The summed E-state index contributed by atoms with van der Waals surface area (Å²) in [7, 11) is -42.6. The van der Waals surface area contributed by atoms with E-state index < -0.39 is 31.2 Å². The van der Waals surface area contributed by atoms with Crippen molar-refractivity contribution in [2.45, 2.75) is 13.8 Å². The summed E-state index contributed by atoms with van der Waals surface area (Å²) < 4.78 is 237. The zero-order valence-electron chi connectivity index (χ0n) is 60.3. The Bertz CT molecular complexity index is 4750. The van der Waals surface area contributed by atoms with Crippen LogP contribution in [0.15, 0.2) is 292 Å². The first-order valence-electron chi connectivity index (χ1n) is 32.1. The number of hydrogen-bond donors (Lipinski definition) is 0. The second-order valence-electron chi connectivity index (χ2n) is 22.2. The van der Waals surface area contributed by atoms with Gasteiger partial charge in [0.15, 0.2) is 34.9 Å². The van der Waals surface area contributed by atoms with Crippen molar-refractivity contribution in [3.05, 3.63) is 292 Å². The summed E-state index contributed by atoms with van der Waals surface area (Å²) >= 11 is 0. The molecule has 12 aromatic heterocycles. The van der Waals surface area contributed by atoms with Crippen LogP contribution in [0, 0.1) is 22.7 Å². The van der Waals surface area contributed by atoms with E-state index >= 15 is 0 Å². The molecule has 0 atom stereocenters. The van der Waals surface area contributed by atoms with Crippen molar-refractivity contribution in [2.75, 3.05) is 0 Å². The van der Waals surface area contributed by atoms with Gasteiger partial charge in [-0.05, 0) is 121 Å². The van der Waals surface area contributed by atoms with Crippen molar-refractivity contribution in [3.8, 4) is 127 Å². The van der Waals surface area contributed by atoms with Crippen LogP contribution in [0.4, 0.5) is 101 Å². The van der Waals surface area contributed by atoms with Crippen LogP contribution in [0.1, 0.15) is 13.8 Å². The summed E-state index contributed by atoms with van der Waals surface area (Å²) in [5, 5.41) is 14.6. The third-order valence-electron chi connectivity index (χ3n) is 12.1. The molecular weight excluding hydrogens is 1900 g/mol. The largest absolute Gasteiger partial charge is 2.00 e. The maximum Gasteiger partial charge on any atom is 2.00 e. The molecule has 12 heterocycles. The van der Waals surface area contributed by atoms with Crippen molar-refractivity contribution in [3.63, 3.8) is 0 Å². The Morgan fingerprint density at radius 1 is 0.183 bits per heavy atom. The number of halogens is 24. The minimum atomic E-state index is -10.7. The third-order valence-corrected chi connectivity index (χ3v) is 12.1. The first-order valence-corrected chi connectivity index (χ1v) is 40.2. The monoisotopic (exact) mass is 1950 g/mol. The molecule has 18 nitrogen and oxygen atoms in total. The van der Waals surface area contributed by atoms with Gasteiger partial charge in [-0.1, -0.05) is 121 Å². The Hall–Kier alpha value is -11.8. The maximum atomic E-state index is 9.87. The van der Waals surface area contributed by atoms with Gasteiger partial charge in [-0.2, -0.15) is 10.5 Å². The minimum absolute atomic E-state index is 0. The molecule has 0 radical (unpaired) electrons. The fourth-order valence-corrected chi connectivity index (χ4v) is 8.12. The number of benzene rings is 2. The normalized spacial score (nSPS) is 12.8. The number of aromatic nitrogens is 16. The molecule has 0 spiro atoms. The van der Waals surface area contributed by atoms with Gasteiger partial charge in [-0.15, -0.1) is 0 Å². The molecule has 0 unspecified atom stereocenters. The van der Waals surface area contributed by atoms with Crippen LogP contribution in [0.5, 0.6) is 0 Å². The first kappa shape index (κ1) is 102. The van der Waals surface area contributed by atoms with Gasteiger partial charge in [0.1, 0.15) is 22.8 Å². The van der Waals surface area contributed by atoms with Crippen LogP contribution >= 0.6 is 31.2 Å². The Balaban J connectivity index is 0.000000366. The van der Waals surface area contributed by atoms with E-state index in [9.17, 15) is 101 Å². The predicted octanol–water partition coefficient (Wildman–Crippen LogP) is 28.3. The quantitative estimate of drug-likeness (QED) is 0.0700. The molecule has 0 N–H and O–H groups in total. The van der Waals surface area contributed by atoms with Crippen LogP contribution in [0.2, 0.25) is 0 Å². The molecule has 0 aliphatic carbocycles. The molecular formula is C72H54F24N18P4Ru2. The molecule has 0 amide bonds. The Morgan fingerprint density at radius 3 is 0.467 bits per heavy atom. The number of nitriles is 2. The first-order chi connectivity index (χ1) is 54.3. The van der Waals surface area contributed by atoms with Crippen LogP contribution in [-0.4, -0.2) is 79.7 Å². The molecule has 120 heavy (non-hydrogen) atoms. The predicted molar refractivity (Wildman–Crippen MR) is 402 cm³/mol. The molecule has 14 aromatic rings. The van der Waals surface area contributed by atoms with Crippen LogP contribution in [-0.2, 0) is 39.0 Å². The third kappa shape index (κ3) is 50.8. The number of hydrogen-bond acceptors (Lipinski definition) is 18. The van der Waals surface area contributed by atoms with Gasteiger partial charge in [0.05, 0.1) is 57.7 Å². The molecule has 2 aromatic carbocycles. The van der Waals surface area contributed by atoms with E-state index in [2.05, 4.69) is 79.7 Å². The molecule has 0 saturated carbocycles. The van der Waals surface area contributed by atoms with Gasteiger partial charge in [-0.3, -0.25) is 39.9 Å². The van der Waals surface area contributed by atoms with E-state index in [-0.39, 0.29) is 39.0 Å². The average molecular weight is 1950 g/mol. The van der Waals surface area contributed by atoms with Gasteiger partial charge in [-0.25, -0.2) is 39.9 Å². The van der Waals surface area contributed by atoms with Crippen molar-refractivity contribution in [2.24, 2.45) is 0 Å².